The van der Waals surface area contributed by atoms with E-state index in [4.69, 9.17) is 0 Å². The van der Waals surface area contributed by atoms with Gasteiger partial charge >= 0.3 is 12.1 Å². The summed E-state index contributed by atoms with van der Waals surface area (Å²) in [6.07, 6.45) is -5.64. The Hall–Kier alpha value is -0.880. The van der Waals surface area contributed by atoms with Crippen molar-refractivity contribution in [1.29, 1.82) is 0 Å². The number of rotatable bonds is 2. The van der Waals surface area contributed by atoms with Crippen LogP contribution in [0.3, 0.4) is 0 Å². The van der Waals surface area contributed by atoms with Crippen molar-refractivity contribution in [2.24, 2.45) is 5.41 Å². The monoisotopic (exact) mass is 233 g/mol. The molecule has 0 aromatic heterocycles. The van der Waals surface area contributed by atoms with E-state index >= 15 is 0 Å². The zero-order valence-electron chi connectivity index (χ0n) is 8.51. The third-order valence-electron chi connectivity index (χ3n) is 1.57. The molecule has 90 valence electrons. The standard InChI is InChI=1S/C8H12F5NO/c1-6(2,3)5(15)14-4-7(9,10)8(11,12)13/h4H2,1-3H3,(H,14,15). The molecule has 0 unspecified atom stereocenters. The molecule has 0 aliphatic rings. The van der Waals surface area contributed by atoms with Crippen molar-refractivity contribution in [2.45, 2.75) is 32.9 Å². The predicted octanol–water partition coefficient (Wildman–Crippen LogP) is 2.35. The molecule has 0 radical (unpaired) electrons. The molecule has 0 aliphatic carbocycles. The Morgan fingerprint density at radius 1 is 1.07 bits per heavy atom. The first kappa shape index (κ1) is 14.1. The maximum Gasteiger partial charge on any atom is 0.455 e. The first-order chi connectivity index (χ1) is 6.38. The molecule has 1 amide bonds. The van der Waals surface area contributed by atoms with Gasteiger partial charge in [-0.2, -0.15) is 22.0 Å². The van der Waals surface area contributed by atoms with Gasteiger partial charge in [0.1, 0.15) is 0 Å². The van der Waals surface area contributed by atoms with Gasteiger partial charge in [0.2, 0.25) is 5.91 Å². The van der Waals surface area contributed by atoms with Gasteiger partial charge in [0.25, 0.3) is 0 Å². The topological polar surface area (TPSA) is 29.1 Å². The third-order valence-corrected chi connectivity index (χ3v) is 1.57. The second-order valence-corrected chi connectivity index (χ2v) is 4.13. The lowest BCUT2D eigenvalue weighted by molar-refractivity contribution is -0.278. The van der Waals surface area contributed by atoms with Gasteiger partial charge in [-0.3, -0.25) is 4.79 Å². The summed E-state index contributed by atoms with van der Waals surface area (Å²) in [6, 6.07) is 0. The zero-order chi connectivity index (χ0) is 12.5. The van der Waals surface area contributed by atoms with Crippen molar-refractivity contribution < 1.29 is 26.7 Å². The molecule has 7 heteroatoms. The summed E-state index contributed by atoms with van der Waals surface area (Å²) in [7, 11) is 0. The molecule has 15 heavy (non-hydrogen) atoms. The molecule has 0 aromatic carbocycles. The lowest BCUT2D eigenvalue weighted by atomic mass is 9.95. The fraction of sp³-hybridized carbons (Fsp3) is 0.875. The van der Waals surface area contributed by atoms with E-state index in [-0.39, 0.29) is 0 Å². The van der Waals surface area contributed by atoms with Crippen LogP contribution in [0.5, 0.6) is 0 Å². The summed E-state index contributed by atoms with van der Waals surface area (Å²) >= 11 is 0. The fourth-order valence-electron chi connectivity index (χ4n) is 0.557. The number of halogens is 5. The number of carbonyl (C=O) groups excluding carboxylic acids is 1. The number of amides is 1. The van der Waals surface area contributed by atoms with E-state index in [2.05, 4.69) is 0 Å². The molecular weight excluding hydrogens is 221 g/mol. The van der Waals surface area contributed by atoms with Gasteiger partial charge in [-0.05, 0) is 0 Å². The maximum absolute atomic E-state index is 12.3. The minimum Gasteiger partial charge on any atom is -0.349 e. The van der Waals surface area contributed by atoms with Crippen LogP contribution in [0, 0.1) is 5.41 Å². The highest BCUT2D eigenvalue weighted by Gasteiger charge is 2.57. The smallest absolute Gasteiger partial charge is 0.349 e. The molecule has 2 nitrogen and oxygen atoms in total. The molecule has 0 aliphatic heterocycles. The Balaban J connectivity index is 4.36. The van der Waals surface area contributed by atoms with Crippen molar-refractivity contribution in [3.8, 4) is 0 Å². The average Bonchev–Trinajstić information content (AvgIpc) is 1.96. The van der Waals surface area contributed by atoms with Crippen LogP contribution in [0.2, 0.25) is 0 Å². The van der Waals surface area contributed by atoms with E-state index in [1.807, 2.05) is 0 Å². The second kappa shape index (κ2) is 3.94. The van der Waals surface area contributed by atoms with E-state index in [1.54, 1.807) is 5.32 Å². The number of hydrogen-bond donors (Lipinski definition) is 1. The van der Waals surface area contributed by atoms with Gasteiger partial charge in [-0.1, -0.05) is 20.8 Å². The van der Waals surface area contributed by atoms with Crippen LogP contribution in [-0.4, -0.2) is 24.6 Å². The van der Waals surface area contributed by atoms with Crippen LogP contribution in [0.1, 0.15) is 20.8 Å². The lowest BCUT2D eigenvalue weighted by Gasteiger charge is -2.23. The Morgan fingerprint density at radius 3 is 1.73 bits per heavy atom. The largest absolute Gasteiger partial charge is 0.455 e. The first-order valence-corrected chi connectivity index (χ1v) is 4.11. The molecule has 0 heterocycles. The average molecular weight is 233 g/mol. The van der Waals surface area contributed by atoms with Crippen molar-refractivity contribution in [3.63, 3.8) is 0 Å². The highest BCUT2D eigenvalue weighted by atomic mass is 19.4. The minimum atomic E-state index is -5.64. The third kappa shape index (κ3) is 4.01. The number of alkyl halides is 5. The number of carbonyl (C=O) groups is 1. The summed E-state index contributed by atoms with van der Waals surface area (Å²) < 4.78 is 59.7. The summed E-state index contributed by atoms with van der Waals surface area (Å²) in [4.78, 5) is 11.0. The molecule has 0 saturated carbocycles. The van der Waals surface area contributed by atoms with Crippen molar-refractivity contribution in [1.82, 2.24) is 5.32 Å². The molecule has 0 bridgehead atoms. The molecule has 0 fully saturated rings. The zero-order valence-corrected chi connectivity index (χ0v) is 8.51. The quantitative estimate of drug-likeness (QED) is 0.729. The van der Waals surface area contributed by atoms with E-state index in [9.17, 15) is 26.7 Å². The Kier molecular flexibility index (Phi) is 3.71. The number of nitrogens with one attached hydrogen (secondary N) is 1. The van der Waals surface area contributed by atoms with Crippen LogP contribution in [0.25, 0.3) is 0 Å². The molecule has 0 aromatic rings. The van der Waals surface area contributed by atoms with Gasteiger partial charge in [-0.15, -0.1) is 0 Å². The predicted molar refractivity (Wildman–Crippen MR) is 43.5 cm³/mol. The van der Waals surface area contributed by atoms with Crippen LogP contribution in [0.4, 0.5) is 22.0 Å². The van der Waals surface area contributed by atoms with Gasteiger partial charge in [-0.25, -0.2) is 0 Å². The highest BCUT2D eigenvalue weighted by molar-refractivity contribution is 5.81. The van der Waals surface area contributed by atoms with E-state index in [0.717, 1.165) is 0 Å². The molecule has 0 rings (SSSR count). The molecule has 0 atom stereocenters. The van der Waals surface area contributed by atoms with Crippen molar-refractivity contribution >= 4 is 5.91 Å². The molecular formula is C8H12F5NO. The Labute approximate surface area is 83.8 Å². The highest BCUT2D eigenvalue weighted by Crippen LogP contribution is 2.34. The molecule has 0 saturated heterocycles. The normalized spacial score (nSPS) is 13.9. The lowest BCUT2D eigenvalue weighted by Crippen LogP contribution is -2.49. The summed E-state index contributed by atoms with van der Waals surface area (Å²) in [5.41, 5.74) is -0.998. The maximum atomic E-state index is 12.3. The van der Waals surface area contributed by atoms with Crippen molar-refractivity contribution in [3.05, 3.63) is 0 Å². The van der Waals surface area contributed by atoms with Gasteiger partial charge in [0, 0.05) is 5.41 Å². The molecule has 1 N–H and O–H groups in total. The summed E-state index contributed by atoms with van der Waals surface area (Å²) in [5, 5.41) is 1.56. The summed E-state index contributed by atoms with van der Waals surface area (Å²) in [6.45, 7) is 2.50. The Morgan fingerprint density at radius 2 is 1.47 bits per heavy atom. The fourth-order valence-corrected chi connectivity index (χ4v) is 0.557. The van der Waals surface area contributed by atoms with Crippen LogP contribution in [-0.2, 0) is 4.79 Å². The van der Waals surface area contributed by atoms with Gasteiger partial charge in [0.15, 0.2) is 0 Å². The SMILES string of the molecule is CC(C)(C)C(=O)NCC(F)(F)C(F)(F)F. The molecule has 0 spiro atoms. The second-order valence-electron chi connectivity index (χ2n) is 4.13. The van der Waals surface area contributed by atoms with E-state index in [1.165, 1.54) is 20.8 Å². The summed E-state index contributed by atoms with van der Waals surface area (Å²) in [5.74, 6) is -5.75. The van der Waals surface area contributed by atoms with Crippen LogP contribution >= 0.6 is 0 Å². The Bertz CT molecular complexity index is 240. The first-order valence-electron chi connectivity index (χ1n) is 4.11. The van der Waals surface area contributed by atoms with E-state index < -0.39 is 30.0 Å². The van der Waals surface area contributed by atoms with Crippen molar-refractivity contribution in [2.75, 3.05) is 6.54 Å². The van der Waals surface area contributed by atoms with Crippen LogP contribution in [0.15, 0.2) is 0 Å². The number of hydrogen-bond acceptors (Lipinski definition) is 1. The van der Waals surface area contributed by atoms with Crippen LogP contribution < -0.4 is 5.32 Å². The van der Waals surface area contributed by atoms with Gasteiger partial charge < -0.3 is 5.32 Å². The minimum absolute atomic E-state index is 0.855. The van der Waals surface area contributed by atoms with Gasteiger partial charge in [0.05, 0.1) is 6.54 Å². The van der Waals surface area contributed by atoms with E-state index in [0.29, 0.717) is 0 Å².